The van der Waals surface area contributed by atoms with Gasteiger partial charge in [0.1, 0.15) is 0 Å². The Kier molecular flexibility index (Phi) is 13.4. The minimum absolute atomic E-state index is 0.0779. The number of nitrogens with one attached hydrogen (secondary N) is 2. The largest absolute Gasteiger partial charge is 0.416 e. The van der Waals surface area contributed by atoms with Crippen molar-refractivity contribution in [2.45, 2.75) is 90.4 Å². The SMILES string of the molecule is CCCCCCCCCCCCNC(=O)c1ccc(CNCc2ccc(C(F)(F)F)cc2)c(Br)c1. The molecule has 0 spiro atoms. The Bertz CT molecular complexity index is 885. The van der Waals surface area contributed by atoms with Crippen molar-refractivity contribution in [2.24, 2.45) is 0 Å². The topological polar surface area (TPSA) is 41.1 Å². The Hall–Kier alpha value is -1.86. The van der Waals surface area contributed by atoms with Crippen LogP contribution in [0.15, 0.2) is 46.9 Å². The molecule has 0 fully saturated rings. The summed E-state index contributed by atoms with van der Waals surface area (Å²) in [6.45, 7) is 3.90. The van der Waals surface area contributed by atoms with Gasteiger partial charge in [-0.15, -0.1) is 0 Å². The standard InChI is InChI=1S/C28H38BrF3N2O/c1-2-3-4-5-6-7-8-9-10-11-18-34-27(35)23-14-15-24(26(29)19-23)21-33-20-22-12-16-25(17-13-22)28(30,31)32/h12-17,19,33H,2-11,18,20-21H2,1H3,(H,34,35). The first kappa shape index (κ1) is 29.4. The molecule has 2 rings (SSSR count). The lowest BCUT2D eigenvalue weighted by molar-refractivity contribution is -0.137. The van der Waals surface area contributed by atoms with E-state index in [-0.39, 0.29) is 5.91 Å². The van der Waals surface area contributed by atoms with Gasteiger partial charge in [-0.25, -0.2) is 0 Å². The summed E-state index contributed by atoms with van der Waals surface area (Å²) in [5, 5.41) is 6.22. The Balaban J connectivity index is 1.63. The van der Waals surface area contributed by atoms with E-state index in [0.29, 0.717) is 25.2 Å². The molecule has 35 heavy (non-hydrogen) atoms. The maximum absolute atomic E-state index is 12.7. The molecule has 0 unspecified atom stereocenters. The maximum Gasteiger partial charge on any atom is 0.416 e. The van der Waals surface area contributed by atoms with Crippen LogP contribution in [0.3, 0.4) is 0 Å². The summed E-state index contributed by atoms with van der Waals surface area (Å²) in [6.07, 6.45) is 8.33. The molecule has 0 aromatic heterocycles. The zero-order valence-electron chi connectivity index (χ0n) is 20.7. The van der Waals surface area contributed by atoms with Gasteiger partial charge in [0.05, 0.1) is 5.56 Å². The molecule has 0 aliphatic heterocycles. The van der Waals surface area contributed by atoms with E-state index in [1.54, 1.807) is 6.07 Å². The van der Waals surface area contributed by atoms with E-state index in [0.717, 1.165) is 40.6 Å². The van der Waals surface area contributed by atoms with Crippen molar-refractivity contribution >= 4 is 21.8 Å². The second-order valence-corrected chi connectivity index (χ2v) is 9.90. The Morgan fingerprint density at radius 1 is 0.829 bits per heavy atom. The van der Waals surface area contributed by atoms with Crippen molar-refractivity contribution in [3.63, 3.8) is 0 Å². The Morgan fingerprint density at radius 3 is 2.00 bits per heavy atom. The molecule has 0 aliphatic rings. The zero-order chi connectivity index (χ0) is 25.5. The average molecular weight is 556 g/mol. The van der Waals surface area contributed by atoms with Gasteiger partial charge >= 0.3 is 6.18 Å². The average Bonchev–Trinajstić information content (AvgIpc) is 2.83. The molecule has 0 radical (unpaired) electrons. The number of amides is 1. The molecule has 0 aliphatic carbocycles. The summed E-state index contributed by atoms with van der Waals surface area (Å²) in [6, 6.07) is 10.6. The monoisotopic (exact) mass is 554 g/mol. The van der Waals surface area contributed by atoms with Gasteiger partial charge in [-0.3, -0.25) is 4.79 Å². The molecule has 0 saturated carbocycles. The van der Waals surface area contributed by atoms with Crippen LogP contribution in [0.2, 0.25) is 0 Å². The van der Waals surface area contributed by atoms with E-state index < -0.39 is 11.7 Å². The van der Waals surface area contributed by atoms with Gasteiger partial charge in [0, 0.05) is 29.7 Å². The number of unbranched alkanes of at least 4 members (excludes halogenated alkanes) is 9. The van der Waals surface area contributed by atoms with Gasteiger partial charge in [-0.05, 0) is 41.8 Å². The number of hydrogen-bond donors (Lipinski definition) is 2. The second kappa shape index (κ2) is 16.0. The Morgan fingerprint density at radius 2 is 1.43 bits per heavy atom. The predicted molar refractivity (Wildman–Crippen MR) is 140 cm³/mol. The minimum Gasteiger partial charge on any atom is -0.352 e. The fraction of sp³-hybridized carbons (Fsp3) is 0.536. The third-order valence-corrected chi connectivity index (χ3v) is 6.80. The van der Waals surface area contributed by atoms with Crippen LogP contribution >= 0.6 is 15.9 Å². The molecule has 7 heteroatoms. The number of alkyl halides is 3. The third-order valence-electron chi connectivity index (χ3n) is 6.06. The number of benzene rings is 2. The highest BCUT2D eigenvalue weighted by atomic mass is 79.9. The quantitative estimate of drug-likeness (QED) is 0.204. The number of halogens is 4. The summed E-state index contributed by atoms with van der Waals surface area (Å²) in [7, 11) is 0. The van der Waals surface area contributed by atoms with Crippen LogP contribution in [0.1, 0.15) is 98.2 Å². The summed E-state index contributed by atoms with van der Waals surface area (Å²) in [4.78, 5) is 12.4. The fourth-order valence-corrected chi connectivity index (χ4v) is 4.42. The van der Waals surface area contributed by atoms with Crippen molar-refractivity contribution in [1.82, 2.24) is 10.6 Å². The molecular formula is C28H38BrF3N2O. The van der Waals surface area contributed by atoms with E-state index in [1.807, 2.05) is 12.1 Å². The van der Waals surface area contributed by atoms with Gasteiger partial charge in [0.15, 0.2) is 0 Å². The number of carbonyl (C=O) groups excluding carboxylic acids is 1. The van der Waals surface area contributed by atoms with E-state index >= 15 is 0 Å². The Labute approximate surface area is 216 Å². The summed E-state index contributed by atoms with van der Waals surface area (Å²) >= 11 is 3.52. The molecule has 0 atom stereocenters. The first-order chi connectivity index (χ1) is 16.8. The molecule has 2 aromatic rings. The molecule has 3 nitrogen and oxygen atoms in total. The first-order valence-corrected chi connectivity index (χ1v) is 13.5. The molecule has 2 N–H and O–H groups in total. The molecule has 0 bridgehead atoms. The molecule has 194 valence electrons. The van der Waals surface area contributed by atoms with Crippen LogP contribution in [0, 0.1) is 0 Å². The first-order valence-electron chi connectivity index (χ1n) is 12.7. The summed E-state index contributed by atoms with van der Waals surface area (Å²) < 4.78 is 38.8. The van der Waals surface area contributed by atoms with Gasteiger partial charge in [-0.1, -0.05) is 98.8 Å². The van der Waals surface area contributed by atoms with Crippen LogP contribution in [0.25, 0.3) is 0 Å². The minimum atomic E-state index is -4.32. The molecule has 1 amide bonds. The smallest absolute Gasteiger partial charge is 0.352 e. The van der Waals surface area contributed by atoms with Gasteiger partial charge in [-0.2, -0.15) is 13.2 Å². The van der Waals surface area contributed by atoms with Gasteiger partial charge in [0.2, 0.25) is 0 Å². The van der Waals surface area contributed by atoms with E-state index in [1.165, 1.54) is 63.5 Å². The fourth-order valence-electron chi connectivity index (χ4n) is 3.90. The normalized spacial score (nSPS) is 11.6. The lowest BCUT2D eigenvalue weighted by Crippen LogP contribution is -2.24. The van der Waals surface area contributed by atoms with Crippen LogP contribution in [-0.4, -0.2) is 12.5 Å². The summed E-state index contributed by atoms with van der Waals surface area (Å²) in [5.74, 6) is -0.0779. The third kappa shape index (κ3) is 11.6. The van der Waals surface area contributed by atoms with Crippen molar-refractivity contribution < 1.29 is 18.0 Å². The van der Waals surface area contributed by atoms with Crippen molar-refractivity contribution in [3.8, 4) is 0 Å². The van der Waals surface area contributed by atoms with Crippen molar-refractivity contribution in [3.05, 3.63) is 69.2 Å². The molecule has 0 heterocycles. The van der Waals surface area contributed by atoms with E-state index in [9.17, 15) is 18.0 Å². The van der Waals surface area contributed by atoms with Crippen LogP contribution in [0.5, 0.6) is 0 Å². The van der Waals surface area contributed by atoms with Crippen molar-refractivity contribution in [1.29, 1.82) is 0 Å². The highest BCUT2D eigenvalue weighted by Gasteiger charge is 2.29. The van der Waals surface area contributed by atoms with Crippen LogP contribution in [0.4, 0.5) is 13.2 Å². The van der Waals surface area contributed by atoms with Gasteiger partial charge in [0.25, 0.3) is 5.91 Å². The zero-order valence-corrected chi connectivity index (χ0v) is 22.2. The van der Waals surface area contributed by atoms with Crippen molar-refractivity contribution in [2.75, 3.05) is 6.54 Å². The van der Waals surface area contributed by atoms with Gasteiger partial charge < -0.3 is 10.6 Å². The van der Waals surface area contributed by atoms with Crippen LogP contribution in [-0.2, 0) is 19.3 Å². The second-order valence-electron chi connectivity index (χ2n) is 9.04. The number of hydrogen-bond acceptors (Lipinski definition) is 2. The predicted octanol–water partition coefficient (Wildman–Crippen LogP) is 8.41. The maximum atomic E-state index is 12.7. The van der Waals surface area contributed by atoms with E-state index in [4.69, 9.17) is 0 Å². The van der Waals surface area contributed by atoms with E-state index in [2.05, 4.69) is 33.5 Å². The molecular weight excluding hydrogens is 517 g/mol. The molecule has 0 saturated heterocycles. The highest BCUT2D eigenvalue weighted by Crippen LogP contribution is 2.29. The summed E-state index contributed by atoms with van der Waals surface area (Å²) in [5.41, 5.74) is 1.71. The lowest BCUT2D eigenvalue weighted by atomic mass is 10.1. The van der Waals surface area contributed by atoms with Crippen LogP contribution < -0.4 is 10.6 Å². The number of rotatable bonds is 16. The number of carbonyl (C=O) groups is 1. The highest BCUT2D eigenvalue weighted by molar-refractivity contribution is 9.10. The molecule has 2 aromatic carbocycles. The lowest BCUT2D eigenvalue weighted by Gasteiger charge is -2.11.